The Morgan fingerprint density at radius 1 is 1.33 bits per heavy atom. The molecule has 0 aliphatic carbocycles. The summed E-state index contributed by atoms with van der Waals surface area (Å²) in [4.78, 5) is 19.2. The predicted octanol–water partition coefficient (Wildman–Crippen LogP) is 1.69. The smallest absolute Gasteiger partial charge is 0.335 e. The number of carboxylic acid groups (broad SMARTS) is 1. The van der Waals surface area contributed by atoms with Crippen LogP contribution in [0.2, 0.25) is 0 Å². The van der Waals surface area contributed by atoms with Gasteiger partial charge in [-0.25, -0.2) is 14.8 Å². The van der Waals surface area contributed by atoms with E-state index in [-0.39, 0.29) is 5.56 Å². The SMILES string of the molecule is COCCc1nc(N)cc(Nc2ccc(C(=O)O)cc2)n1. The van der Waals surface area contributed by atoms with E-state index < -0.39 is 5.97 Å². The van der Waals surface area contributed by atoms with Crippen LogP contribution in [0.15, 0.2) is 30.3 Å². The van der Waals surface area contributed by atoms with Crippen molar-refractivity contribution >= 4 is 23.3 Å². The molecule has 0 spiro atoms. The van der Waals surface area contributed by atoms with Crippen LogP contribution in [-0.4, -0.2) is 34.8 Å². The van der Waals surface area contributed by atoms with Crippen LogP contribution < -0.4 is 11.1 Å². The fourth-order valence-electron chi connectivity index (χ4n) is 1.73. The maximum absolute atomic E-state index is 10.8. The first-order valence-corrected chi connectivity index (χ1v) is 6.31. The highest BCUT2D eigenvalue weighted by atomic mass is 16.5. The van der Waals surface area contributed by atoms with E-state index in [2.05, 4.69) is 15.3 Å². The number of anilines is 3. The van der Waals surface area contributed by atoms with E-state index in [1.807, 2.05) is 0 Å². The van der Waals surface area contributed by atoms with Gasteiger partial charge in [-0.1, -0.05) is 0 Å². The van der Waals surface area contributed by atoms with Gasteiger partial charge < -0.3 is 20.9 Å². The molecule has 1 aromatic heterocycles. The number of rotatable bonds is 6. The topological polar surface area (TPSA) is 110 Å². The number of benzene rings is 1. The monoisotopic (exact) mass is 288 g/mol. The Balaban J connectivity index is 2.14. The summed E-state index contributed by atoms with van der Waals surface area (Å²) in [6.07, 6.45) is 0.564. The number of aromatic nitrogens is 2. The Morgan fingerprint density at radius 2 is 2.05 bits per heavy atom. The van der Waals surface area contributed by atoms with Gasteiger partial charge in [0, 0.05) is 25.3 Å². The molecule has 0 aliphatic heterocycles. The molecule has 7 heteroatoms. The maximum Gasteiger partial charge on any atom is 0.335 e. The molecule has 0 aliphatic rings. The molecule has 0 atom stereocenters. The number of methoxy groups -OCH3 is 1. The molecule has 110 valence electrons. The van der Waals surface area contributed by atoms with E-state index in [0.29, 0.717) is 30.5 Å². The number of carboxylic acids is 1. The summed E-state index contributed by atoms with van der Waals surface area (Å²) in [6.45, 7) is 0.510. The summed E-state index contributed by atoms with van der Waals surface area (Å²) in [7, 11) is 1.61. The molecule has 21 heavy (non-hydrogen) atoms. The fraction of sp³-hybridized carbons (Fsp3) is 0.214. The van der Waals surface area contributed by atoms with Gasteiger partial charge in [0.25, 0.3) is 0 Å². The van der Waals surface area contributed by atoms with Gasteiger partial charge in [-0.2, -0.15) is 0 Å². The molecule has 1 aromatic carbocycles. The molecule has 0 radical (unpaired) electrons. The van der Waals surface area contributed by atoms with Crippen molar-refractivity contribution in [2.45, 2.75) is 6.42 Å². The zero-order valence-corrected chi connectivity index (χ0v) is 11.5. The Hall–Kier alpha value is -2.67. The van der Waals surface area contributed by atoms with Gasteiger partial charge in [-0.05, 0) is 24.3 Å². The fourth-order valence-corrected chi connectivity index (χ4v) is 1.73. The van der Waals surface area contributed by atoms with Crippen molar-refractivity contribution in [2.75, 3.05) is 24.8 Å². The standard InChI is InChI=1S/C14H16N4O3/c1-21-7-6-12-17-11(15)8-13(18-12)16-10-4-2-9(3-5-10)14(19)20/h2-5,8H,6-7H2,1H3,(H,19,20)(H3,15,16,17,18). The number of aromatic carboxylic acids is 1. The van der Waals surface area contributed by atoms with E-state index in [9.17, 15) is 4.79 Å². The van der Waals surface area contributed by atoms with Gasteiger partial charge >= 0.3 is 5.97 Å². The summed E-state index contributed by atoms with van der Waals surface area (Å²) in [5.74, 6) is 0.536. The van der Waals surface area contributed by atoms with Crippen molar-refractivity contribution in [3.05, 3.63) is 41.7 Å². The number of hydrogen-bond donors (Lipinski definition) is 3. The van der Waals surface area contributed by atoms with E-state index in [1.54, 1.807) is 25.3 Å². The van der Waals surface area contributed by atoms with Crippen molar-refractivity contribution in [3.63, 3.8) is 0 Å². The molecule has 7 nitrogen and oxygen atoms in total. The first-order chi connectivity index (χ1) is 10.1. The Bertz CT molecular complexity index is 629. The lowest BCUT2D eigenvalue weighted by Crippen LogP contribution is -2.06. The molecule has 0 saturated heterocycles. The molecule has 2 rings (SSSR count). The van der Waals surface area contributed by atoms with Crippen LogP contribution in [0.4, 0.5) is 17.3 Å². The lowest BCUT2D eigenvalue weighted by Gasteiger charge is -2.08. The van der Waals surface area contributed by atoms with Gasteiger partial charge in [-0.3, -0.25) is 0 Å². The van der Waals surface area contributed by atoms with Crippen molar-refractivity contribution < 1.29 is 14.6 Å². The number of nitrogens with one attached hydrogen (secondary N) is 1. The number of nitrogens with zero attached hydrogens (tertiary/aromatic N) is 2. The van der Waals surface area contributed by atoms with E-state index in [4.69, 9.17) is 15.6 Å². The molecular weight excluding hydrogens is 272 g/mol. The summed E-state index contributed by atoms with van der Waals surface area (Å²) in [5.41, 5.74) is 6.68. The second-order valence-electron chi connectivity index (χ2n) is 4.34. The minimum Gasteiger partial charge on any atom is -0.478 e. The van der Waals surface area contributed by atoms with Crippen molar-refractivity contribution in [2.24, 2.45) is 0 Å². The largest absolute Gasteiger partial charge is 0.478 e. The third kappa shape index (κ3) is 4.15. The minimum absolute atomic E-state index is 0.225. The van der Waals surface area contributed by atoms with E-state index in [1.165, 1.54) is 12.1 Å². The summed E-state index contributed by atoms with van der Waals surface area (Å²) >= 11 is 0. The summed E-state index contributed by atoms with van der Waals surface area (Å²) in [5, 5.41) is 11.9. The average molecular weight is 288 g/mol. The number of hydrogen-bond acceptors (Lipinski definition) is 6. The number of nitrogen functional groups attached to an aromatic ring is 1. The highest BCUT2D eigenvalue weighted by Gasteiger charge is 2.05. The average Bonchev–Trinajstić information content (AvgIpc) is 2.45. The molecule has 4 N–H and O–H groups in total. The van der Waals surface area contributed by atoms with E-state index >= 15 is 0 Å². The Morgan fingerprint density at radius 3 is 2.67 bits per heavy atom. The molecule has 1 heterocycles. The highest BCUT2D eigenvalue weighted by molar-refractivity contribution is 5.88. The third-order valence-electron chi connectivity index (χ3n) is 2.73. The van der Waals surface area contributed by atoms with Crippen LogP contribution in [0.5, 0.6) is 0 Å². The number of carbonyl (C=O) groups is 1. The molecule has 0 saturated carbocycles. The molecule has 0 amide bonds. The zero-order valence-electron chi connectivity index (χ0n) is 11.5. The van der Waals surface area contributed by atoms with Crippen LogP contribution in [0.25, 0.3) is 0 Å². The quantitative estimate of drug-likeness (QED) is 0.741. The lowest BCUT2D eigenvalue weighted by atomic mass is 10.2. The third-order valence-corrected chi connectivity index (χ3v) is 2.73. The first-order valence-electron chi connectivity index (χ1n) is 6.31. The first kappa shape index (κ1) is 14.7. The number of ether oxygens (including phenoxy) is 1. The molecule has 0 bridgehead atoms. The van der Waals surface area contributed by atoms with Crippen LogP contribution >= 0.6 is 0 Å². The van der Waals surface area contributed by atoms with Gasteiger partial charge in [-0.15, -0.1) is 0 Å². The van der Waals surface area contributed by atoms with Crippen LogP contribution in [0, 0.1) is 0 Å². The second-order valence-corrected chi connectivity index (χ2v) is 4.34. The van der Waals surface area contributed by atoms with Gasteiger partial charge in [0.1, 0.15) is 17.5 Å². The van der Waals surface area contributed by atoms with Crippen LogP contribution in [0.1, 0.15) is 16.2 Å². The predicted molar refractivity (Wildman–Crippen MR) is 78.7 cm³/mol. The molecular formula is C14H16N4O3. The molecule has 2 aromatic rings. The van der Waals surface area contributed by atoms with Crippen LogP contribution in [0.3, 0.4) is 0 Å². The highest BCUT2D eigenvalue weighted by Crippen LogP contribution is 2.17. The van der Waals surface area contributed by atoms with Gasteiger partial charge in [0.2, 0.25) is 0 Å². The number of nitrogens with two attached hydrogens (primary N) is 1. The Labute approximate surface area is 121 Å². The van der Waals surface area contributed by atoms with Gasteiger partial charge in [0.05, 0.1) is 12.2 Å². The molecule has 0 fully saturated rings. The minimum atomic E-state index is -0.963. The van der Waals surface area contributed by atoms with E-state index in [0.717, 1.165) is 5.69 Å². The maximum atomic E-state index is 10.8. The summed E-state index contributed by atoms with van der Waals surface area (Å²) < 4.78 is 4.98. The van der Waals surface area contributed by atoms with Crippen molar-refractivity contribution in [1.82, 2.24) is 9.97 Å². The van der Waals surface area contributed by atoms with Crippen molar-refractivity contribution in [1.29, 1.82) is 0 Å². The van der Waals surface area contributed by atoms with Crippen molar-refractivity contribution in [3.8, 4) is 0 Å². The second kappa shape index (κ2) is 6.67. The zero-order chi connectivity index (χ0) is 15.2. The van der Waals surface area contributed by atoms with Crippen LogP contribution in [-0.2, 0) is 11.2 Å². The lowest BCUT2D eigenvalue weighted by molar-refractivity contribution is 0.0697. The normalized spacial score (nSPS) is 10.3. The Kier molecular flexibility index (Phi) is 4.68. The summed E-state index contributed by atoms with van der Waals surface area (Å²) in [6, 6.07) is 7.97. The van der Waals surface area contributed by atoms with Gasteiger partial charge in [0.15, 0.2) is 0 Å². The molecule has 0 unspecified atom stereocenters.